The predicted molar refractivity (Wildman–Crippen MR) is 160 cm³/mol. The van der Waals surface area contributed by atoms with Gasteiger partial charge in [-0.15, -0.1) is 0 Å². The number of aliphatic hydroxyl groups is 1. The highest BCUT2D eigenvalue weighted by Gasteiger charge is 2.57. The molecule has 0 spiro atoms. The number of aryl methyl sites for hydroxylation is 1. The van der Waals surface area contributed by atoms with Gasteiger partial charge in [-0.1, -0.05) is 11.6 Å². The Labute approximate surface area is 268 Å². The molecule has 0 saturated carbocycles. The zero-order valence-corrected chi connectivity index (χ0v) is 25.4. The van der Waals surface area contributed by atoms with E-state index < -0.39 is 59.6 Å². The number of carbonyl (C=O) groups is 3. The fourth-order valence-electron chi connectivity index (χ4n) is 5.00. The molecular weight excluding hydrogens is 650 g/mol. The number of alkyl halides is 3. The molecule has 1 aliphatic rings. The Hall–Kier alpha value is -5.02. The Balaban J connectivity index is 1.59. The summed E-state index contributed by atoms with van der Waals surface area (Å²) in [5, 5.41) is 13.4. The van der Waals surface area contributed by atoms with Crippen LogP contribution in [0.3, 0.4) is 0 Å². The minimum Gasteiger partial charge on any atom is -0.489 e. The number of carbonyl (C=O) groups excluding carboxylic acids is 3. The fourth-order valence-corrected chi connectivity index (χ4v) is 5.18. The van der Waals surface area contributed by atoms with Crippen LogP contribution in [0.15, 0.2) is 48.7 Å². The lowest BCUT2D eigenvalue weighted by Gasteiger charge is -2.31. The molecule has 2 aromatic carbocycles. The van der Waals surface area contributed by atoms with Gasteiger partial charge in [0, 0.05) is 28.3 Å². The number of hydrogen-bond donors (Lipinski definition) is 4. The molecule has 0 aliphatic carbocycles. The molecule has 2 atom stereocenters. The van der Waals surface area contributed by atoms with Gasteiger partial charge < -0.3 is 31.4 Å². The normalized spacial score (nSPS) is 17.0. The summed E-state index contributed by atoms with van der Waals surface area (Å²) >= 11 is 5.93. The molecular formula is C31H26ClF4N5O6. The monoisotopic (exact) mass is 675 g/mol. The van der Waals surface area contributed by atoms with E-state index >= 15 is 0 Å². The third-order valence-corrected chi connectivity index (χ3v) is 8.01. The molecule has 0 saturated heterocycles. The molecule has 6 N–H and O–H groups in total. The number of fused-ring (bicyclic) bond motifs is 2. The largest absolute Gasteiger partial charge is 0.489 e. The molecule has 16 heteroatoms. The third kappa shape index (κ3) is 6.11. The number of rotatable bonds is 9. The highest BCUT2D eigenvalue weighted by atomic mass is 35.5. The molecule has 5 rings (SSSR count). The summed E-state index contributed by atoms with van der Waals surface area (Å²) in [6.07, 6.45) is -3.93. The van der Waals surface area contributed by atoms with Crippen LogP contribution in [0, 0.1) is 12.7 Å². The Kier molecular flexibility index (Phi) is 8.49. The van der Waals surface area contributed by atoms with Crippen LogP contribution >= 0.6 is 11.6 Å². The number of nitrogens with zero attached hydrogens (tertiary/aromatic N) is 2. The first-order valence-corrected chi connectivity index (χ1v) is 14.2. The van der Waals surface area contributed by atoms with Crippen molar-refractivity contribution in [3.05, 3.63) is 81.9 Å². The van der Waals surface area contributed by atoms with Crippen molar-refractivity contribution in [3.8, 4) is 22.8 Å². The zero-order chi connectivity index (χ0) is 34.5. The van der Waals surface area contributed by atoms with Gasteiger partial charge in [0.25, 0.3) is 11.8 Å². The van der Waals surface area contributed by atoms with Crippen LogP contribution < -0.4 is 26.3 Å². The summed E-state index contributed by atoms with van der Waals surface area (Å²) in [4.78, 5) is 45.4. The van der Waals surface area contributed by atoms with Gasteiger partial charge in [-0.3, -0.25) is 19.4 Å². The van der Waals surface area contributed by atoms with Crippen LogP contribution in [0.1, 0.15) is 34.1 Å². The van der Waals surface area contributed by atoms with E-state index in [-0.39, 0.29) is 51.0 Å². The van der Waals surface area contributed by atoms with Crippen LogP contribution in [-0.2, 0) is 20.6 Å². The number of aromatic nitrogens is 2. The summed E-state index contributed by atoms with van der Waals surface area (Å²) in [6.45, 7) is 0.694. The Morgan fingerprint density at radius 2 is 1.87 bits per heavy atom. The predicted octanol–water partition coefficient (Wildman–Crippen LogP) is 3.58. The minimum atomic E-state index is -5.44. The number of halogens is 5. The quantitative estimate of drug-likeness (QED) is 0.194. The van der Waals surface area contributed by atoms with Crippen molar-refractivity contribution < 1.29 is 46.5 Å². The lowest BCUT2D eigenvalue weighted by Crippen LogP contribution is -2.51. The Morgan fingerprint density at radius 1 is 1.15 bits per heavy atom. The number of nitrogens with one attached hydrogen (secondary N) is 1. The van der Waals surface area contributed by atoms with E-state index in [2.05, 4.69) is 15.3 Å². The van der Waals surface area contributed by atoms with Gasteiger partial charge in [0.2, 0.25) is 11.5 Å². The molecule has 0 unspecified atom stereocenters. The van der Waals surface area contributed by atoms with Crippen molar-refractivity contribution in [2.24, 2.45) is 11.5 Å². The molecule has 1 aliphatic heterocycles. The van der Waals surface area contributed by atoms with E-state index in [4.69, 9.17) is 32.5 Å². The molecule has 0 fully saturated rings. The van der Waals surface area contributed by atoms with Crippen molar-refractivity contribution in [3.63, 3.8) is 0 Å². The molecule has 3 amide bonds. The molecule has 0 radical (unpaired) electrons. The Bertz CT molecular complexity index is 1960. The lowest BCUT2D eigenvalue weighted by molar-refractivity contribution is -0.265. The maximum absolute atomic E-state index is 14.8. The van der Waals surface area contributed by atoms with E-state index in [0.29, 0.717) is 10.9 Å². The van der Waals surface area contributed by atoms with Gasteiger partial charge in [-0.25, -0.2) is 9.37 Å². The van der Waals surface area contributed by atoms with Gasteiger partial charge in [0.1, 0.15) is 40.5 Å². The van der Waals surface area contributed by atoms with Gasteiger partial charge in [0.05, 0.1) is 17.3 Å². The van der Waals surface area contributed by atoms with Crippen LogP contribution in [0.4, 0.5) is 17.6 Å². The number of benzene rings is 2. The summed E-state index contributed by atoms with van der Waals surface area (Å²) in [6, 6.07) is 8.20. The van der Waals surface area contributed by atoms with Crippen LogP contribution in [0.25, 0.3) is 22.2 Å². The van der Waals surface area contributed by atoms with Gasteiger partial charge in [-0.2, -0.15) is 13.2 Å². The maximum atomic E-state index is 14.8. The molecule has 47 heavy (non-hydrogen) atoms. The summed E-state index contributed by atoms with van der Waals surface area (Å²) in [7, 11) is 0. The molecule has 11 nitrogen and oxygen atoms in total. The number of amides is 3. The number of ether oxygens (including phenoxy) is 2. The van der Waals surface area contributed by atoms with Crippen LogP contribution in [0.5, 0.6) is 11.5 Å². The van der Waals surface area contributed by atoms with E-state index in [9.17, 15) is 37.1 Å². The topological polar surface area (TPSA) is 180 Å². The second-order valence-corrected chi connectivity index (χ2v) is 11.6. The summed E-state index contributed by atoms with van der Waals surface area (Å²) in [5.74, 6) is -3.78. The first-order chi connectivity index (χ1) is 21.9. The smallest absolute Gasteiger partial charge is 0.424 e. The number of nitrogens with two attached hydrogens (primary N) is 2. The third-order valence-electron chi connectivity index (χ3n) is 7.72. The van der Waals surface area contributed by atoms with Crippen LogP contribution in [-0.4, -0.2) is 58.7 Å². The van der Waals surface area contributed by atoms with Crippen molar-refractivity contribution in [2.75, 3.05) is 19.8 Å². The standard InChI is InChI=1S/C31H26ClF4N5O6/c1-14-5-16-6-17(8-21(24(16)39-10-14)46-11-23(37)42)27(43)40-12-30(45,31(34,35)36)22-9-18-26(47-13-29(18,2)28(38)44)25(41-22)15-3-4-20(33)19(32)7-15/h3-10,45H,11-13H2,1-2H3,(H2,37,42)(H2,38,44)(H,40,43)/t29-,30-/m0/s1. The van der Waals surface area contributed by atoms with Crippen molar-refractivity contribution in [2.45, 2.75) is 31.0 Å². The minimum absolute atomic E-state index is 0.0142. The second-order valence-electron chi connectivity index (χ2n) is 11.2. The van der Waals surface area contributed by atoms with E-state index in [1.807, 2.05) is 0 Å². The average molecular weight is 676 g/mol. The maximum Gasteiger partial charge on any atom is 0.424 e. The second kappa shape index (κ2) is 12.0. The fraction of sp³-hybridized carbons (Fsp3) is 0.258. The summed E-state index contributed by atoms with van der Waals surface area (Å²) in [5.41, 5.74) is 4.65. The molecule has 0 bridgehead atoms. The van der Waals surface area contributed by atoms with Gasteiger partial charge in [0.15, 0.2) is 6.61 Å². The first kappa shape index (κ1) is 33.3. The van der Waals surface area contributed by atoms with E-state index in [1.54, 1.807) is 13.0 Å². The zero-order valence-electron chi connectivity index (χ0n) is 24.7. The van der Waals surface area contributed by atoms with Gasteiger partial charge >= 0.3 is 6.18 Å². The molecule has 3 heterocycles. The number of hydrogen-bond acceptors (Lipinski definition) is 8. The van der Waals surface area contributed by atoms with Crippen molar-refractivity contribution in [1.29, 1.82) is 0 Å². The highest BCUT2D eigenvalue weighted by Crippen LogP contribution is 2.48. The highest BCUT2D eigenvalue weighted by molar-refractivity contribution is 6.31. The van der Waals surface area contributed by atoms with Crippen molar-refractivity contribution in [1.82, 2.24) is 15.3 Å². The summed E-state index contributed by atoms with van der Waals surface area (Å²) < 4.78 is 69.4. The number of primary amides is 2. The average Bonchev–Trinajstić information content (AvgIpc) is 3.36. The SMILES string of the molecule is Cc1cnc2c(OCC(N)=O)cc(C(=O)NC[C@](O)(c3cc4c(c(-c5ccc(F)c(Cl)c5)n3)OC[C@]4(C)C(N)=O)C(F)(F)F)cc2c1. The Morgan fingerprint density at radius 3 is 2.51 bits per heavy atom. The lowest BCUT2D eigenvalue weighted by atomic mass is 9.81. The van der Waals surface area contributed by atoms with Crippen LogP contribution in [0.2, 0.25) is 5.02 Å². The molecule has 4 aromatic rings. The van der Waals surface area contributed by atoms with E-state index in [0.717, 1.165) is 24.3 Å². The first-order valence-electron chi connectivity index (χ1n) is 13.8. The van der Waals surface area contributed by atoms with Crippen molar-refractivity contribution >= 4 is 40.2 Å². The van der Waals surface area contributed by atoms with E-state index in [1.165, 1.54) is 25.3 Å². The molecule has 2 aromatic heterocycles. The molecule has 246 valence electrons. The number of pyridine rings is 2. The van der Waals surface area contributed by atoms with Gasteiger partial charge in [-0.05, 0) is 61.9 Å².